The summed E-state index contributed by atoms with van der Waals surface area (Å²) in [6.45, 7) is 2.08. The van der Waals surface area contributed by atoms with Gasteiger partial charge in [-0.15, -0.1) is 0 Å². The van der Waals surface area contributed by atoms with Crippen LogP contribution in [0.15, 0.2) is 95.4 Å². The van der Waals surface area contributed by atoms with Gasteiger partial charge in [0.15, 0.2) is 0 Å². The summed E-state index contributed by atoms with van der Waals surface area (Å²) >= 11 is 0. The summed E-state index contributed by atoms with van der Waals surface area (Å²) in [6, 6.07) is 28.3. The molecule has 0 aliphatic rings. The monoisotopic (exact) mass is 434 g/mol. The van der Waals surface area contributed by atoms with Crippen molar-refractivity contribution >= 4 is 44.9 Å². The highest BCUT2D eigenvalue weighted by Gasteiger charge is 2.23. The van der Waals surface area contributed by atoms with Crippen LogP contribution in [0.5, 0.6) is 0 Å². The van der Waals surface area contributed by atoms with E-state index in [1.165, 1.54) is 5.56 Å². The number of hydrogen-bond acceptors (Lipinski definition) is 3. The van der Waals surface area contributed by atoms with Gasteiger partial charge in [0.05, 0.1) is 0 Å². The van der Waals surface area contributed by atoms with E-state index >= 15 is 0 Å². The van der Waals surface area contributed by atoms with E-state index in [-0.39, 0.29) is 11.7 Å². The van der Waals surface area contributed by atoms with Crippen LogP contribution in [-0.4, -0.2) is 11.8 Å². The molecule has 5 heteroatoms. The van der Waals surface area contributed by atoms with Crippen LogP contribution in [0.3, 0.4) is 0 Å². The number of para-hydroxylation sites is 1. The molecule has 0 unspecified atom stereocenters. The van der Waals surface area contributed by atoms with Gasteiger partial charge >= 0.3 is 0 Å². The van der Waals surface area contributed by atoms with Gasteiger partial charge in [0.25, 0.3) is 11.8 Å². The third-order valence-corrected chi connectivity index (χ3v) is 5.67. The fraction of sp³-hybridized carbons (Fsp3) is 0.0714. The van der Waals surface area contributed by atoms with E-state index < -0.39 is 5.91 Å². The molecule has 0 bridgehead atoms. The van der Waals surface area contributed by atoms with Crippen molar-refractivity contribution in [3.63, 3.8) is 0 Å². The summed E-state index contributed by atoms with van der Waals surface area (Å²) < 4.78 is 5.86. The van der Waals surface area contributed by atoms with Gasteiger partial charge in [-0.3, -0.25) is 9.59 Å². The van der Waals surface area contributed by atoms with Crippen LogP contribution >= 0.6 is 0 Å². The molecule has 0 fully saturated rings. The first-order chi connectivity index (χ1) is 16.1. The molecular weight excluding hydrogens is 412 g/mol. The second-order valence-electron chi connectivity index (χ2n) is 7.82. The molecule has 33 heavy (non-hydrogen) atoms. The number of nitrogens with one attached hydrogen (secondary N) is 2. The lowest BCUT2D eigenvalue weighted by Gasteiger charge is -2.08. The Morgan fingerprint density at radius 2 is 1.48 bits per heavy atom. The van der Waals surface area contributed by atoms with Gasteiger partial charge < -0.3 is 15.1 Å². The zero-order chi connectivity index (χ0) is 22.8. The average Bonchev–Trinajstić information content (AvgIpc) is 3.22. The summed E-state index contributed by atoms with van der Waals surface area (Å²) in [4.78, 5) is 26.2. The van der Waals surface area contributed by atoms with Gasteiger partial charge in [0.1, 0.15) is 11.3 Å². The number of anilines is 2. The quantitative estimate of drug-likeness (QED) is 0.325. The van der Waals surface area contributed by atoms with Crippen molar-refractivity contribution in [1.29, 1.82) is 0 Å². The molecule has 0 saturated carbocycles. The first-order valence-electron chi connectivity index (χ1n) is 10.8. The molecule has 0 aliphatic heterocycles. The lowest BCUT2D eigenvalue weighted by Crippen LogP contribution is -2.17. The minimum absolute atomic E-state index is 0.0601. The van der Waals surface area contributed by atoms with E-state index in [1.807, 2.05) is 78.9 Å². The number of rotatable bonds is 5. The molecule has 2 N–H and O–H groups in total. The normalized spacial score (nSPS) is 10.9. The molecular formula is C28H22N2O3. The number of amides is 2. The standard InChI is InChI=1S/C28H22N2O3/c1-2-18-11-15-22(16-12-18)29-28(32)26-25(23-9-5-6-10-24(23)33-26)30-27(31)21-14-13-19-7-3-4-8-20(19)17-21/h3-17H,2H2,1H3,(H,29,32)(H,30,31). The smallest absolute Gasteiger partial charge is 0.293 e. The third kappa shape index (κ3) is 4.08. The lowest BCUT2D eigenvalue weighted by atomic mass is 10.1. The van der Waals surface area contributed by atoms with Gasteiger partial charge in [-0.05, 0) is 59.2 Å². The van der Waals surface area contributed by atoms with E-state index in [9.17, 15) is 9.59 Å². The van der Waals surface area contributed by atoms with Crippen LogP contribution in [0.1, 0.15) is 33.4 Å². The molecule has 1 aromatic heterocycles. The van der Waals surface area contributed by atoms with E-state index in [0.29, 0.717) is 27.9 Å². The molecule has 2 amide bonds. The van der Waals surface area contributed by atoms with Gasteiger partial charge in [0.2, 0.25) is 5.76 Å². The van der Waals surface area contributed by atoms with E-state index in [0.717, 1.165) is 17.2 Å². The second kappa shape index (κ2) is 8.63. The SMILES string of the molecule is CCc1ccc(NC(=O)c2oc3ccccc3c2NC(=O)c2ccc3ccccc3c2)cc1. The minimum atomic E-state index is -0.427. The van der Waals surface area contributed by atoms with Crippen molar-refractivity contribution in [1.82, 2.24) is 0 Å². The Bertz CT molecular complexity index is 1480. The highest BCUT2D eigenvalue weighted by molar-refractivity contribution is 6.17. The minimum Gasteiger partial charge on any atom is -0.449 e. The third-order valence-electron chi connectivity index (χ3n) is 5.67. The number of fused-ring (bicyclic) bond motifs is 2. The lowest BCUT2D eigenvalue weighted by molar-refractivity contribution is 0.0999. The summed E-state index contributed by atoms with van der Waals surface area (Å²) in [5.41, 5.74) is 3.22. The zero-order valence-corrected chi connectivity index (χ0v) is 18.1. The second-order valence-corrected chi connectivity index (χ2v) is 7.82. The fourth-order valence-electron chi connectivity index (χ4n) is 3.86. The maximum absolute atomic E-state index is 13.1. The van der Waals surface area contributed by atoms with Crippen LogP contribution in [0.2, 0.25) is 0 Å². The molecule has 5 aromatic rings. The maximum atomic E-state index is 13.1. The Morgan fingerprint density at radius 1 is 0.758 bits per heavy atom. The van der Waals surface area contributed by atoms with Crippen molar-refractivity contribution < 1.29 is 14.0 Å². The van der Waals surface area contributed by atoms with Crippen molar-refractivity contribution in [2.75, 3.05) is 10.6 Å². The molecule has 4 aromatic carbocycles. The summed E-state index contributed by atoms with van der Waals surface area (Å²) in [5, 5.41) is 8.46. The molecule has 0 spiro atoms. The molecule has 0 saturated heterocycles. The van der Waals surface area contributed by atoms with E-state index in [2.05, 4.69) is 17.6 Å². The number of carbonyl (C=O) groups is 2. The molecule has 5 nitrogen and oxygen atoms in total. The number of benzene rings is 4. The summed E-state index contributed by atoms with van der Waals surface area (Å²) in [6.07, 6.45) is 0.919. The first kappa shape index (κ1) is 20.5. The summed E-state index contributed by atoms with van der Waals surface area (Å²) in [5.74, 6) is -0.678. The van der Waals surface area contributed by atoms with Gasteiger partial charge in [0, 0.05) is 16.6 Å². The van der Waals surface area contributed by atoms with Gasteiger partial charge in [-0.1, -0.05) is 61.5 Å². The molecule has 0 aliphatic carbocycles. The van der Waals surface area contributed by atoms with Crippen LogP contribution < -0.4 is 10.6 Å². The highest BCUT2D eigenvalue weighted by atomic mass is 16.3. The molecule has 162 valence electrons. The Balaban J connectivity index is 1.48. The Morgan fingerprint density at radius 3 is 2.27 bits per heavy atom. The predicted molar refractivity (Wildman–Crippen MR) is 132 cm³/mol. The van der Waals surface area contributed by atoms with Crippen molar-refractivity contribution in [2.24, 2.45) is 0 Å². The topological polar surface area (TPSA) is 71.3 Å². The number of aryl methyl sites for hydroxylation is 1. The molecule has 5 rings (SSSR count). The zero-order valence-electron chi connectivity index (χ0n) is 18.1. The average molecular weight is 434 g/mol. The Labute approximate surface area is 191 Å². The van der Waals surface area contributed by atoms with Crippen molar-refractivity contribution in [3.8, 4) is 0 Å². The van der Waals surface area contributed by atoms with Gasteiger partial charge in [-0.2, -0.15) is 0 Å². The Kier molecular flexibility index (Phi) is 5.37. The molecule has 0 radical (unpaired) electrons. The van der Waals surface area contributed by atoms with Crippen LogP contribution in [0.25, 0.3) is 21.7 Å². The van der Waals surface area contributed by atoms with Crippen LogP contribution in [0, 0.1) is 0 Å². The Hall–Kier alpha value is -4.38. The largest absolute Gasteiger partial charge is 0.449 e. The predicted octanol–water partition coefficient (Wildman–Crippen LogP) is 6.65. The number of furan rings is 1. The van der Waals surface area contributed by atoms with Crippen molar-refractivity contribution in [2.45, 2.75) is 13.3 Å². The van der Waals surface area contributed by atoms with Crippen molar-refractivity contribution in [3.05, 3.63) is 108 Å². The first-order valence-corrected chi connectivity index (χ1v) is 10.8. The van der Waals surface area contributed by atoms with E-state index in [4.69, 9.17) is 4.42 Å². The van der Waals surface area contributed by atoms with Gasteiger partial charge in [-0.25, -0.2) is 0 Å². The van der Waals surface area contributed by atoms with Crippen LogP contribution in [-0.2, 0) is 6.42 Å². The van der Waals surface area contributed by atoms with E-state index in [1.54, 1.807) is 12.1 Å². The molecule has 1 heterocycles. The summed E-state index contributed by atoms with van der Waals surface area (Å²) in [7, 11) is 0. The number of hydrogen-bond donors (Lipinski definition) is 2. The van der Waals surface area contributed by atoms with Crippen LogP contribution in [0.4, 0.5) is 11.4 Å². The fourth-order valence-corrected chi connectivity index (χ4v) is 3.86. The highest BCUT2D eigenvalue weighted by Crippen LogP contribution is 2.32. The molecule has 0 atom stereocenters. The maximum Gasteiger partial charge on any atom is 0.293 e. The number of carbonyl (C=O) groups excluding carboxylic acids is 2.